The fourth-order valence-electron chi connectivity index (χ4n) is 2.45. The minimum atomic E-state index is -0.361. The van der Waals surface area contributed by atoms with Gasteiger partial charge in [0.05, 0.1) is 12.2 Å². The summed E-state index contributed by atoms with van der Waals surface area (Å²) >= 11 is 0. The highest BCUT2D eigenvalue weighted by atomic mass is 16.5. The molecule has 0 bridgehead atoms. The van der Waals surface area contributed by atoms with E-state index >= 15 is 0 Å². The molecule has 0 aliphatic carbocycles. The molecule has 0 spiro atoms. The van der Waals surface area contributed by atoms with E-state index in [1.807, 2.05) is 31.5 Å². The van der Waals surface area contributed by atoms with Gasteiger partial charge in [-0.15, -0.1) is 0 Å². The van der Waals surface area contributed by atoms with Gasteiger partial charge in [0.2, 0.25) is 5.95 Å². The zero-order valence-electron chi connectivity index (χ0n) is 11.8. The Kier molecular flexibility index (Phi) is 3.39. The van der Waals surface area contributed by atoms with Crippen molar-refractivity contribution in [1.29, 1.82) is 0 Å². The van der Waals surface area contributed by atoms with Gasteiger partial charge < -0.3 is 10.1 Å². The van der Waals surface area contributed by atoms with Crippen molar-refractivity contribution in [2.24, 2.45) is 0 Å². The molecule has 1 unspecified atom stereocenters. The molecule has 0 amide bonds. The van der Waals surface area contributed by atoms with Crippen molar-refractivity contribution in [2.45, 2.75) is 19.9 Å². The number of hydrogen-bond donors (Lipinski definition) is 1. The first-order chi connectivity index (χ1) is 10.2. The van der Waals surface area contributed by atoms with Gasteiger partial charge in [-0.3, -0.25) is 0 Å². The number of allylic oxidation sites excluding steroid dienone is 1. The number of carbonyl (C=O) groups excluding carboxylic acids is 1. The number of nitrogens with zero attached hydrogens (tertiary/aromatic N) is 3. The van der Waals surface area contributed by atoms with Gasteiger partial charge in [0.15, 0.2) is 12.4 Å². The minimum absolute atomic E-state index is 0.327. The van der Waals surface area contributed by atoms with Crippen LogP contribution in [0.25, 0.3) is 0 Å². The lowest BCUT2D eigenvalue weighted by atomic mass is 9.97. The fourth-order valence-corrected chi connectivity index (χ4v) is 2.45. The summed E-state index contributed by atoms with van der Waals surface area (Å²) < 4.78 is 6.87. The van der Waals surface area contributed by atoms with Gasteiger partial charge in [0.1, 0.15) is 12.4 Å². The molecule has 1 aliphatic rings. The van der Waals surface area contributed by atoms with Gasteiger partial charge in [-0.05, 0) is 19.9 Å². The largest absolute Gasteiger partial charge is 0.463 e. The summed E-state index contributed by atoms with van der Waals surface area (Å²) in [4.78, 5) is 19.5. The van der Waals surface area contributed by atoms with E-state index in [-0.39, 0.29) is 12.0 Å². The second-order valence-electron chi connectivity index (χ2n) is 4.65. The number of esters is 1. The average Bonchev–Trinajstić information content (AvgIpc) is 2.94. The molecule has 7 nitrogen and oxygen atoms in total. The molecule has 0 radical (unpaired) electrons. The lowest BCUT2D eigenvalue weighted by molar-refractivity contribution is -0.378. The summed E-state index contributed by atoms with van der Waals surface area (Å²) in [5.41, 5.74) is 2.17. The second-order valence-corrected chi connectivity index (χ2v) is 4.65. The molecule has 2 aromatic rings. The fraction of sp³-hybridized carbons (Fsp3) is 0.286. The maximum Gasteiger partial charge on any atom is 0.338 e. The smallest absolute Gasteiger partial charge is 0.338 e. The van der Waals surface area contributed by atoms with Crippen LogP contribution in [0.5, 0.6) is 0 Å². The first-order valence-corrected chi connectivity index (χ1v) is 6.72. The third-order valence-corrected chi connectivity index (χ3v) is 3.34. The molecular weight excluding hydrogens is 270 g/mol. The molecule has 0 aromatic carbocycles. The molecule has 108 valence electrons. The summed E-state index contributed by atoms with van der Waals surface area (Å²) in [6.45, 7) is 3.95. The van der Waals surface area contributed by atoms with E-state index in [1.165, 1.54) is 6.33 Å². The Morgan fingerprint density at radius 2 is 2.43 bits per heavy atom. The molecule has 1 atom stereocenters. The highest BCUT2D eigenvalue weighted by Crippen LogP contribution is 2.34. The van der Waals surface area contributed by atoms with E-state index in [1.54, 1.807) is 11.6 Å². The Balaban J connectivity index is 2.13. The Morgan fingerprint density at radius 1 is 1.57 bits per heavy atom. The Labute approximate surface area is 121 Å². The zero-order valence-corrected chi connectivity index (χ0v) is 11.8. The molecule has 3 heterocycles. The number of pyridine rings is 1. The van der Waals surface area contributed by atoms with Crippen molar-refractivity contribution in [1.82, 2.24) is 14.8 Å². The Hall–Kier alpha value is -2.70. The number of aromatic nitrogens is 4. The van der Waals surface area contributed by atoms with Gasteiger partial charge in [-0.1, -0.05) is 0 Å². The summed E-state index contributed by atoms with van der Waals surface area (Å²) in [5, 5.41) is 7.32. The number of ether oxygens (including phenoxy) is 1. The van der Waals surface area contributed by atoms with Crippen LogP contribution in [0.4, 0.5) is 5.95 Å². The van der Waals surface area contributed by atoms with Crippen LogP contribution < -0.4 is 10.3 Å². The van der Waals surface area contributed by atoms with E-state index in [0.717, 1.165) is 11.3 Å². The number of carbonyl (C=O) groups is 1. The van der Waals surface area contributed by atoms with Gasteiger partial charge >= 0.3 is 5.97 Å². The molecule has 0 saturated heterocycles. The van der Waals surface area contributed by atoms with Crippen LogP contribution >= 0.6 is 0 Å². The standard InChI is InChI=1S/C14H15N5O2/c1-3-21-13(20)11-9(2)18-14-16-8-17-19(14)12(11)10-5-4-6-15-7-10/h4-8,12H,3H2,1-2H3,(H,16,17,18)/p+1. The molecule has 0 fully saturated rings. The number of hydrogen-bond acceptors (Lipinski definition) is 5. The minimum Gasteiger partial charge on any atom is -0.463 e. The third-order valence-electron chi connectivity index (χ3n) is 3.34. The predicted octanol–water partition coefficient (Wildman–Crippen LogP) is 0.944. The first-order valence-electron chi connectivity index (χ1n) is 6.72. The van der Waals surface area contributed by atoms with Crippen molar-refractivity contribution in [3.05, 3.63) is 47.7 Å². The number of anilines is 1. The second kappa shape index (κ2) is 5.35. The highest BCUT2D eigenvalue weighted by molar-refractivity contribution is 5.92. The molecule has 0 saturated carbocycles. The van der Waals surface area contributed by atoms with Crippen LogP contribution in [0.2, 0.25) is 0 Å². The van der Waals surface area contributed by atoms with E-state index in [2.05, 4.69) is 20.4 Å². The van der Waals surface area contributed by atoms with Crippen molar-refractivity contribution in [2.75, 3.05) is 11.9 Å². The van der Waals surface area contributed by atoms with Gasteiger partial charge in [0, 0.05) is 17.3 Å². The highest BCUT2D eigenvalue weighted by Gasteiger charge is 2.34. The van der Waals surface area contributed by atoms with Crippen LogP contribution in [0.3, 0.4) is 0 Å². The van der Waals surface area contributed by atoms with Gasteiger partial charge in [-0.2, -0.15) is 10.1 Å². The van der Waals surface area contributed by atoms with E-state index < -0.39 is 0 Å². The Morgan fingerprint density at radius 3 is 3.14 bits per heavy atom. The quantitative estimate of drug-likeness (QED) is 0.849. The van der Waals surface area contributed by atoms with Crippen LogP contribution in [-0.4, -0.2) is 27.3 Å². The molecule has 2 N–H and O–H groups in total. The van der Waals surface area contributed by atoms with Crippen LogP contribution in [0, 0.1) is 0 Å². The van der Waals surface area contributed by atoms with Crippen LogP contribution in [0.1, 0.15) is 25.5 Å². The maximum atomic E-state index is 12.3. The molecule has 2 aromatic heterocycles. The van der Waals surface area contributed by atoms with Crippen LogP contribution in [-0.2, 0) is 9.53 Å². The maximum absolute atomic E-state index is 12.3. The molecular formula is C14H16N5O2+. The predicted molar refractivity (Wildman–Crippen MR) is 74.1 cm³/mol. The number of aromatic amines is 1. The zero-order chi connectivity index (χ0) is 14.8. The van der Waals surface area contributed by atoms with E-state index in [9.17, 15) is 4.79 Å². The lowest BCUT2D eigenvalue weighted by Crippen LogP contribution is -2.30. The number of nitrogens with one attached hydrogen (secondary N) is 2. The topological polar surface area (TPSA) is 83.2 Å². The number of fused-ring (bicyclic) bond motifs is 1. The average molecular weight is 286 g/mol. The monoisotopic (exact) mass is 286 g/mol. The van der Waals surface area contributed by atoms with E-state index in [4.69, 9.17) is 4.74 Å². The normalized spacial score (nSPS) is 17.1. The van der Waals surface area contributed by atoms with Crippen molar-refractivity contribution in [3.63, 3.8) is 0 Å². The summed E-state index contributed by atoms with van der Waals surface area (Å²) in [7, 11) is 0. The molecule has 3 rings (SSSR count). The number of H-pyrrole nitrogens is 1. The Bertz CT molecular complexity index is 692. The summed E-state index contributed by atoms with van der Waals surface area (Å²) in [6.07, 6.45) is 5.12. The molecule has 1 aliphatic heterocycles. The summed E-state index contributed by atoms with van der Waals surface area (Å²) in [5.74, 6) is 0.256. The lowest BCUT2D eigenvalue weighted by Gasteiger charge is -2.27. The van der Waals surface area contributed by atoms with Crippen molar-refractivity contribution >= 4 is 11.9 Å². The SMILES string of the molecule is CCOC(=O)C1=C(C)Nc2ncnn2C1c1ccc[nH+]c1. The number of rotatable bonds is 3. The van der Waals surface area contributed by atoms with Gasteiger partial charge in [0.25, 0.3) is 0 Å². The summed E-state index contributed by atoms with van der Waals surface area (Å²) in [6, 6.07) is 3.46. The van der Waals surface area contributed by atoms with E-state index in [0.29, 0.717) is 18.1 Å². The van der Waals surface area contributed by atoms with Crippen molar-refractivity contribution in [3.8, 4) is 0 Å². The first kappa shape index (κ1) is 13.3. The molecule has 7 heteroatoms. The van der Waals surface area contributed by atoms with Crippen molar-refractivity contribution < 1.29 is 14.5 Å². The van der Waals surface area contributed by atoms with Gasteiger partial charge in [-0.25, -0.2) is 14.5 Å². The van der Waals surface area contributed by atoms with Crippen LogP contribution in [0.15, 0.2) is 42.1 Å². The molecule has 21 heavy (non-hydrogen) atoms. The third kappa shape index (κ3) is 2.26.